The third kappa shape index (κ3) is 6.06. The summed E-state index contributed by atoms with van der Waals surface area (Å²) in [5, 5.41) is 2.65. The first-order valence-electron chi connectivity index (χ1n) is 10.7. The van der Waals surface area contributed by atoms with Gasteiger partial charge in [0.15, 0.2) is 0 Å². The molecular formula is C26H21F4N3O2. The Kier molecular flexibility index (Phi) is 7.14. The Hall–Kier alpha value is -4.14. The predicted molar refractivity (Wildman–Crippen MR) is 122 cm³/mol. The number of aromatic nitrogens is 2. The van der Waals surface area contributed by atoms with Gasteiger partial charge >= 0.3 is 0 Å². The number of amides is 1. The van der Waals surface area contributed by atoms with Crippen LogP contribution in [0.5, 0.6) is 11.5 Å². The van der Waals surface area contributed by atoms with Crippen LogP contribution in [-0.2, 0) is 13.1 Å². The molecule has 2 aromatic carbocycles. The Balaban J connectivity index is 1.48. The number of nitrogens with zero attached hydrogens (tertiary/aromatic N) is 2. The summed E-state index contributed by atoms with van der Waals surface area (Å²) in [5.41, 5.74) is 2.42. The zero-order valence-corrected chi connectivity index (χ0v) is 18.6. The smallest absolute Gasteiger partial charge is 0.256 e. The van der Waals surface area contributed by atoms with Gasteiger partial charge in [0, 0.05) is 54.0 Å². The highest BCUT2D eigenvalue weighted by Gasteiger charge is 2.14. The molecule has 1 N–H and O–H groups in total. The van der Waals surface area contributed by atoms with E-state index in [0.29, 0.717) is 39.4 Å². The maximum absolute atomic E-state index is 13.4. The van der Waals surface area contributed by atoms with E-state index in [2.05, 4.69) is 10.3 Å². The minimum absolute atomic E-state index is 0.0447. The van der Waals surface area contributed by atoms with E-state index in [4.69, 9.17) is 4.74 Å². The molecule has 0 radical (unpaired) electrons. The number of carbonyl (C=O) groups is 1. The molecule has 4 rings (SSSR count). The lowest BCUT2D eigenvalue weighted by Crippen LogP contribution is -2.23. The van der Waals surface area contributed by atoms with Crippen LogP contribution in [0.25, 0.3) is 11.3 Å². The minimum atomic E-state index is -2.46. The topological polar surface area (TPSA) is 56.2 Å². The van der Waals surface area contributed by atoms with E-state index in [-0.39, 0.29) is 6.54 Å². The molecule has 2 heterocycles. The van der Waals surface area contributed by atoms with E-state index in [9.17, 15) is 22.4 Å². The van der Waals surface area contributed by atoms with Crippen molar-refractivity contribution >= 4 is 5.91 Å². The summed E-state index contributed by atoms with van der Waals surface area (Å²) in [6.07, 6.45) is 2.22. The molecule has 180 valence electrons. The van der Waals surface area contributed by atoms with Crippen molar-refractivity contribution in [3.63, 3.8) is 0 Å². The van der Waals surface area contributed by atoms with Gasteiger partial charge in [0.05, 0.1) is 12.2 Å². The van der Waals surface area contributed by atoms with Gasteiger partial charge < -0.3 is 14.6 Å². The SMILES string of the molecule is Cc1c(Oc2ccnc(-c3ccn(CC(F)F)c3)c2)cccc1C(=O)NCc1cc(F)cc(F)c1. The molecule has 0 spiro atoms. The van der Waals surface area contributed by atoms with Gasteiger partial charge in [-0.1, -0.05) is 6.07 Å². The van der Waals surface area contributed by atoms with Crippen molar-refractivity contribution < 1.29 is 27.1 Å². The Morgan fingerprint density at radius 1 is 1.09 bits per heavy atom. The molecule has 0 aliphatic rings. The number of nitrogens with one attached hydrogen (secondary N) is 1. The van der Waals surface area contributed by atoms with E-state index in [1.807, 2.05) is 0 Å². The zero-order valence-electron chi connectivity index (χ0n) is 18.6. The molecular weight excluding hydrogens is 462 g/mol. The highest BCUT2D eigenvalue weighted by Crippen LogP contribution is 2.29. The number of alkyl halides is 2. The molecule has 35 heavy (non-hydrogen) atoms. The number of hydrogen-bond acceptors (Lipinski definition) is 3. The fourth-order valence-electron chi connectivity index (χ4n) is 3.59. The first-order valence-corrected chi connectivity index (χ1v) is 10.7. The molecule has 0 aliphatic carbocycles. The van der Waals surface area contributed by atoms with Crippen molar-refractivity contribution in [2.75, 3.05) is 0 Å². The third-order valence-corrected chi connectivity index (χ3v) is 5.26. The molecule has 0 atom stereocenters. The molecule has 0 saturated heterocycles. The monoisotopic (exact) mass is 483 g/mol. The minimum Gasteiger partial charge on any atom is -0.457 e. The summed E-state index contributed by atoms with van der Waals surface area (Å²) in [4.78, 5) is 17.0. The molecule has 0 fully saturated rings. The van der Waals surface area contributed by atoms with Crippen molar-refractivity contribution in [3.05, 3.63) is 102 Å². The molecule has 0 aliphatic heterocycles. The van der Waals surface area contributed by atoms with Gasteiger partial charge in [0.1, 0.15) is 23.1 Å². The highest BCUT2D eigenvalue weighted by molar-refractivity contribution is 5.96. The molecule has 0 unspecified atom stereocenters. The van der Waals surface area contributed by atoms with Crippen LogP contribution < -0.4 is 10.1 Å². The van der Waals surface area contributed by atoms with Crippen LogP contribution in [0.3, 0.4) is 0 Å². The standard InChI is InChI=1S/C26H21F4N3O2/c1-16-22(26(34)32-13-17-9-19(27)11-20(28)10-17)3-2-4-24(16)35-21-5-7-31-23(12-21)18-6-8-33(14-18)15-25(29)30/h2-12,14,25H,13,15H2,1H3,(H,32,34). The largest absolute Gasteiger partial charge is 0.457 e. The van der Waals surface area contributed by atoms with Gasteiger partial charge in [-0.3, -0.25) is 9.78 Å². The summed E-state index contributed by atoms with van der Waals surface area (Å²) < 4.78 is 59.4. The first kappa shape index (κ1) is 24.0. The Morgan fingerprint density at radius 3 is 2.60 bits per heavy atom. The second-order valence-electron chi connectivity index (χ2n) is 7.86. The van der Waals surface area contributed by atoms with Gasteiger partial charge in [-0.05, 0) is 48.9 Å². The fourth-order valence-corrected chi connectivity index (χ4v) is 3.59. The number of pyridine rings is 1. The van der Waals surface area contributed by atoms with Gasteiger partial charge in [0.25, 0.3) is 12.3 Å². The summed E-state index contributed by atoms with van der Waals surface area (Å²) in [6, 6.07) is 13.1. The van der Waals surface area contributed by atoms with Crippen LogP contribution in [-0.4, -0.2) is 21.9 Å². The molecule has 9 heteroatoms. The number of halogens is 4. The lowest BCUT2D eigenvalue weighted by atomic mass is 10.1. The van der Waals surface area contributed by atoms with Crippen molar-refractivity contribution in [1.29, 1.82) is 0 Å². The van der Waals surface area contributed by atoms with Crippen LogP contribution in [0.2, 0.25) is 0 Å². The van der Waals surface area contributed by atoms with E-state index in [1.165, 1.54) is 4.57 Å². The number of ether oxygens (including phenoxy) is 1. The maximum atomic E-state index is 13.4. The van der Waals surface area contributed by atoms with Crippen LogP contribution in [0.15, 0.2) is 73.2 Å². The molecule has 2 aromatic heterocycles. The van der Waals surface area contributed by atoms with Crippen molar-refractivity contribution in [2.45, 2.75) is 26.4 Å². The average Bonchev–Trinajstić information content (AvgIpc) is 3.26. The molecule has 0 saturated carbocycles. The lowest BCUT2D eigenvalue weighted by molar-refractivity contribution is 0.0949. The predicted octanol–water partition coefficient (Wildman–Crippen LogP) is 6.12. The van der Waals surface area contributed by atoms with Crippen molar-refractivity contribution in [2.24, 2.45) is 0 Å². The second-order valence-corrected chi connectivity index (χ2v) is 7.86. The molecule has 1 amide bonds. The third-order valence-electron chi connectivity index (χ3n) is 5.26. The van der Waals surface area contributed by atoms with Crippen LogP contribution in [0, 0.1) is 18.6 Å². The van der Waals surface area contributed by atoms with Gasteiger partial charge in [-0.15, -0.1) is 0 Å². The zero-order chi connectivity index (χ0) is 24.9. The van der Waals surface area contributed by atoms with Crippen LogP contribution in [0.4, 0.5) is 17.6 Å². The Bertz CT molecular complexity index is 1330. The lowest BCUT2D eigenvalue weighted by Gasteiger charge is -2.13. The van der Waals surface area contributed by atoms with Crippen molar-refractivity contribution in [1.82, 2.24) is 14.9 Å². The number of hydrogen-bond donors (Lipinski definition) is 1. The second kappa shape index (κ2) is 10.4. The normalized spacial score (nSPS) is 11.0. The van der Waals surface area contributed by atoms with Gasteiger partial charge in [0.2, 0.25) is 0 Å². The van der Waals surface area contributed by atoms with Crippen LogP contribution >= 0.6 is 0 Å². The fraction of sp³-hybridized carbons (Fsp3) is 0.154. The van der Waals surface area contributed by atoms with Gasteiger partial charge in [-0.2, -0.15) is 0 Å². The molecule has 4 aromatic rings. The number of rotatable bonds is 8. The number of carbonyl (C=O) groups excluding carboxylic acids is 1. The summed E-state index contributed by atoms with van der Waals surface area (Å²) in [7, 11) is 0. The van der Waals surface area contributed by atoms with Gasteiger partial charge in [-0.25, -0.2) is 17.6 Å². The highest BCUT2D eigenvalue weighted by atomic mass is 19.3. The molecule has 5 nitrogen and oxygen atoms in total. The Morgan fingerprint density at radius 2 is 1.86 bits per heavy atom. The maximum Gasteiger partial charge on any atom is 0.256 e. The quantitative estimate of drug-likeness (QED) is 0.307. The van der Waals surface area contributed by atoms with Crippen LogP contribution in [0.1, 0.15) is 21.5 Å². The van der Waals surface area contributed by atoms with E-state index < -0.39 is 30.5 Å². The summed E-state index contributed by atoms with van der Waals surface area (Å²) in [6.45, 7) is 1.27. The van der Waals surface area contributed by atoms with E-state index in [0.717, 1.165) is 18.2 Å². The van der Waals surface area contributed by atoms with E-state index >= 15 is 0 Å². The summed E-state index contributed by atoms with van der Waals surface area (Å²) >= 11 is 0. The number of benzene rings is 2. The first-order chi connectivity index (χ1) is 16.8. The van der Waals surface area contributed by atoms with E-state index in [1.54, 1.807) is 61.9 Å². The van der Waals surface area contributed by atoms with Crippen molar-refractivity contribution in [3.8, 4) is 22.8 Å². The Labute approximate surface area is 199 Å². The molecule has 0 bridgehead atoms. The average molecular weight is 483 g/mol. The summed E-state index contributed by atoms with van der Waals surface area (Å²) in [5.74, 6) is -0.978.